The molecule has 0 bridgehead atoms. The summed E-state index contributed by atoms with van der Waals surface area (Å²) in [5.41, 5.74) is 0. The molecule has 0 aliphatic carbocycles. The number of ether oxygens (including phenoxy) is 1. The molecular formula is C10H7F4NO. The van der Waals surface area contributed by atoms with Crippen LogP contribution in [0.25, 0.3) is 0 Å². The Morgan fingerprint density at radius 3 is 2.19 bits per heavy atom. The van der Waals surface area contributed by atoms with Crippen LogP contribution in [0.5, 0.6) is 5.75 Å². The molecule has 0 spiro atoms. The zero-order chi connectivity index (χ0) is 12.1. The van der Waals surface area contributed by atoms with Crippen molar-refractivity contribution in [2.75, 3.05) is 6.61 Å². The van der Waals surface area contributed by atoms with Gasteiger partial charge in [-0.2, -0.15) is 14.0 Å². The highest BCUT2D eigenvalue weighted by Gasteiger charge is 2.20. The Morgan fingerprint density at radius 2 is 1.69 bits per heavy atom. The molecule has 0 atom stereocenters. The van der Waals surface area contributed by atoms with Gasteiger partial charge in [0.1, 0.15) is 0 Å². The van der Waals surface area contributed by atoms with Crippen LogP contribution in [-0.2, 0) is 0 Å². The molecule has 0 unspecified atom stereocenters. The third-order valence-corrected chi connectivity index (χ3v) is 1.75. The topological polar surface area (TPSA) is 33.0 Å². The minimum atomic E-state index is -1.57. The summed E-state index contributed by atoms with van der Waals surface area (Å²) in [5.74, 6) is -7.27. The van der Waals surface area contributed by atoms with E-state index in [1.54, 1.807) is 6.07 Å². The van der Waals surface area contributed by atoms with Crippen molar-refractivity contribution in [2.45, 2.75) is 12.8 Å². The third kappa shape index (κ3) is 2.63. The summed E-state index contributed by atoms with van der Waals surface area (Å²) < 4.78 is 55.9. The van der Waals surface area contributed by atoms with Gasteiger partial charge in [0.05, 0.1) is 12.7 Å². The predicted molar refractivity (Wildman–Crippen MR) is 46.6 cm³/mol. The van der Waals surface area contributed by atoms with Crippen molar-refractivity contribution in [1.82, 2.24) is 0 Å². The van der Waals surface area contributed by atoms with Crippen molar-refractivity contribution < 1.29 is 22.3 Å². The fraction of sp³-hybridized carbons (Fsp3) is 0.300. The first kappa shape index (κ1) is 12.3. The summed E-state index contributed by atoms with van der Waals surface area (Å²) >= 11 is 0. The molecule has 1 aromatic carbocycles. The van der Waals surface area contributed by atoms with Crippen molar-refractivity contribution in [3.63, 3.8) is 0 Å². The van der Waals surface area contributed by atoms with Crippen molar-refractivity contribution in [1.29, 1.82) is 5.26 Å². The SMILES string of the molecule is N#CCCCOc1c(F)c(F)cc(F)c1F. The molecule has 0 amide bonds. The molecule has 0 saturated heterocycles. The van der Waals surface area contributed by atoms with Crippen LogP contribution < -0.4 is 4.74 Å². The average molecular weight is 233 g/mol. The quantitative estimate of drug-likeness (QED) is 0.455. The van der Waals surface area contributed by atoms with E-state index in [-0.39, 0.29) is 25.5 Å². The van der Waals surface area contributed by atoms with E-state index in [2.05, 4.69) is 4.74 Å². The number of nitrogens with zero attached hydrogens (tertiary/aromatic N) is 1. The van der Waals surface area contributed by atoms with Gasteiger partial charge < -0.3 is 4.74 Å². The van der Waals surface area contributed by atoms with Crippen molar-refractivity contribution >= 4 is 0 Å². The molecular weight excluding hydrogens is 226 g/mol. The molecule has 1 aromatic rings. The second-order valence-corrected chi connectivity index (χ2v) is 2.91. The highest BCUT2D eigenvalue weighted by Crippen LogP contribution is 2.26. The van der Waals surface area contributed by atoms with Crippen LogP contribution in [0.1, 0.15) is 12.8 Å². The van der Waals surface area contributed by atoms with Crippen molar-refractivity contribution in [2.24, 2.45) is 0 Å². The van der Waals surface area contributed by atoms with E-state index in [0.717, 1.165) is 0 Å². The lowest BCUT2D eigenvalue weighted by molar-refractivity contribution is 0.268. The maximum absolute atomic E-state index is 13.0. The first-order valence-corrected chi connectivity index (χ1v) is 4.40. The number of benzene rings is 1. The smallest absolute Gasteiger partial charge is 0.203 e. The number of halogens is 4. The van der Waals surface area contributed by atoms with Crippen molar-refractivity contribution in [3.05, 3.63) is 29.3 Å². The molecule has 2 nitrogen and oxygen atoms in total. The lowest BCUT2D eigenvalue weighted by atomic mass is 10.3. The van der Waals surface area contributed by atoms with Gasteiger partial charge in [0.25, 0.3) is 0 Å². The number of rotatable bonds is 4. The average Bonchev–Trinajstić information content (AvgIpc) is 2.25. The van der Waals surface area contributed by atoms with Crippen LogP contribution in [-0.4, -0.2) is 6.61 Å². The minimum Gasteiger partial charge on any atom is -0.487 e. The minimum absolute atomic E-state index is 0.104. The number of hydrogen-bond donors (Lipinski definition) is 0. The van der Waals surface area contributed by atoms with Crippen LogP contribution in [0.2, 0.25) is 0 Å². The highest BCUT2D eigenvalue weighted by molar-refractivity contribution is 5.28. The number of nitriles is 1. The van der Waals surface area contributed by atoms with Gasteiger partial charge in [0.2, 0.25) is 11.6 Å². The molecule has 0 aliphatic rings. The fourth-order valence-electron chi connectivity index (χ4n) is 1.00. The zero-order valence-electron chi connectivity index (χ0n) is 8.07. The second-order valence-electron chi connectivity index (χ2n) is 2.91. The summed E-state index contributed by atoms with van der Waals surface area (Å²) in [6.45, 7) is -0.190. The van der Waals surface area contributed by atoms with Gasteiger partial charge in [-0.05, 0) is 6.42 Å². The maximum Gasteiger partial charge on any atom is 0.203 e. The zero-order valence-corrected chi connectivity index (χ0v) is 8.07. The summed E-state index contributed by atoms with van der Waals surface area (Å²) in [6, 6.07) is 1.89. The van der Waals surface area contributed by atoms with Crippen LogP contribution in [0.3, 0.4) is 0 Å². The molecule has 0 aliphatic heterocycles. The fourth-order valence-corrected chi connectivity index (χ4v) is 1.00. The maximum atomic E-state index is 13.0. The highest BCUT2D eigenvalue weighted by atomic mass is 19.2. The first-order valence-electron chi connectivity index (χ1n) is 4.40. The van der Waals surface area contributed by atoms with E-state index in [4.69, 9.17) is 5.26 Å². The molecule has 0 fully saturated rings. The predicted octanol–water partition coefficient (Wildman–Crippen LogP) is 2.93. The molecule has 86 valence electrons. The molecule has 6 heteroatoms. The first-order chi connectivity index (χ1) is 7.57. The Bertz CT molecular complexity index is 402. The van der Waals surface area contributed by atoms with E-state index >= 15 is 0 Å². The van der Waals surface area contributed by atoms with E-state index in [1.807, 2.05) is 0 Å². The Balaban J connectivity index is 2.83. The summed E-state index contributed by atoms with van der Waals surface area (Å²) in [6.07, 6.45) is 0.342. The Labute approximate surface area is 89.1 Å². The van der Waals surface area contributed by atoms with E-state index in [0.29, 0.717) is 0 Å². The molecule has 0 N–H and O–H groups in total. The van der Waals surface area contributed by atoms with Gasteiger partial charge in [-0.25, -0.2) is 8.78 Å². The molecule has 0 heterocycles. The molecule has 1 rings (SSSR count). The summed E-state index contributed by atoms with van der Waals surface area (Å²) in [4.78, 5) is 0. The molecule has 0 aromatic heterocycles. The van der Waals surface area contributed by atoms with Crippen LogP contribution >= 0.6 is 0 Å². The summed E-state index contributed by atoms with van der Waals surface area (Å²) in [7, 11) is 0. The normalized spacial score (nSPS) is 9.94. The van der Waals surface area contributed by atoms with Gasteiger partial charge in [-0.1, -0.05) is 0 Å². The van der Waals surface area contributed by atoms with Gasteiger partial charge >= 0.3 is 0 Å². The molecule has 0 saturated carbocycles. The van der Waals surface area contributed by atoms with Gasteiger partial charge in [-0.3, -0.25) is 0 Å². The van der Waals surface area contributed by atoms with Gasteiger partial charge in [0, 0.05) is 12.5 Å². The lowest BCUT2D eigenvalue weighted by Crippen LogP contribution is -2.04. The second kappa shape index (κ2) is 5.35. The number of hydrogen-bond acceptors (Lipinski definition) is 2. The van der Waals surface area contributed by atoms with E-state index in [9.17, 15) is 17.6 Å². The summed E-state index contributed by atoms with van der Waals surface area (Å²) in [5, 5.41) is 8.19. The van der Waals surface area contributed by atoms with Crippen LogP contribution in [0.15, 0.2) is 6.07 Å². The lowest BCUT2D eigenvalue weighted by Gasteiger charge is -2.08. The van der Waals surface area contributed by atoms with Crippen molar-refractivity contribution in [3.8, 4) is 11.8 Å². The Hall–Kier alpha value is -1.77. The van der Waals surface area contributed by atoms with E-state index in [1.165, 1.54) is 0 Å². The Morgan fingerprint density at radius 1 is 1.12 bits per heavy atom. The van der Waals surface area contributed by atoms with Crippen LogP contribution in [0.4, 0.5) is 17.6 Å². The van der Waals surface area contributed by atoms with E-state index < -0.39 is 29.0 Å². The molecule has 16 heavy (non-hydrogen) atoms. The van der Waals surface area contributed by atoms with Gasteiger partial charge in [-0.15, -0.1) is 0 Å². The Kier molecular flexibility index (Phi) is 4.11. The van der Waals surface area contributed by atoms with Crippen LogP contribution in [0, 0.1) is 34.6 Å². The standard InChI is InChI=1S/C10H7F4NO/c11-6-5-7(12)9(14)10(8(6)13)16-4-2-1-3-15/h5H,1-2,4H2. The third-order valence-electron chi connectivity index (χ3n) is 1.75. The molecule has 0 radical (unpaired) electrons. The largest absolute Gasteiger partial charge is 0.487 e. The monoisotopic (exact) mass is 233 g/mol. The van der Waals surface area contributed by atoms with Gasteiger partial charge in [0.15, 0.2) is 17.4 Å². The number of unbranched alkanes of at least 4 members (excludes halogenated alkanes) is 1.